The Kier molecular flexibility index (Phi) is 5.09. The number of rotatable bonds is 3. The molecule has 2 N–H and O–H groups in total. The molecule has 2 aromatic rings. The summed E-state index contributed by atoms with van der Waals surface area (Å²) >= 11 is 0. The van der Waals surface area contributed by atoms with Crippen LogP contribution in [0.5, 0.6) is 0 Å². The van der Waals surface area contributed by atoms with E-state index in [2.05, 4.69) is 22.5 Å². The molecule has 6 heteroatoms. The van der Waals surface area contributed by atoms with Crippen LogP contribution in [-0.4, -0.2) is 46.9 Å². The van der Waals surface area contributed by atoms with Crippen molar-refractivity contribution in [3.8, 4) is 0 Å². The predicted molar refractivity (Wildman–Crippen MR) is 96.6 cm³/mol. The maximum absolute atomic E-state index is 12.8. The van der Waals surface area contributed by atoms with Crippen LogP contribution < -0.4 is 10.6 Å². The molecule has 0 spiro atoms. The first kappa shape index (κ1) is 17.1. The Morgan fingerprint density at radius 1 is 1.20 bits per heavy atom. The molecule has 1 aromatic carbocycles. The lowest BCUT2D eigenvalue weighted by Gasteiger charge is -2.38. The molecule has 3 rings (SSSR count). The summed E-state index contributed by atoms with van der Waals surface area (Å²) < 4.78 is 0. The van der Waals surface area contributed by atoms with E-state index >= 15 is 0 Å². The van der Waals surface area contributed by atoms with Gasteiger partial charge in [0.1, 0.15) is 0 Å². The summed E-state index contributed by atoms with van der Waals surface area (Å²) in [5.41, 5.74) is 1.64. The second-order valence-corrected chi connectivity index (χ2v) is 6.26. The Labute approximate surface area is 147 Å². The van der Waals surface area contributed by atoms with Crippen molar-refractivity contribution < 1.29 is 9.59 Å². The highest BCUT2D eigenvalue weighted by Crippen LogP contribution is 2.17. The summed E-state index contributed by atoms with van der Waals surface area (Å²) in [6.45, 7) is 5.59. The molecule has 6 nitrogen and oxygen atoms in total. The lowest BCUT2D eigenvalue weighted by atomic mass is 10.0. The van der Waals surface area contributed by atoms with Gasteiger partial charge in [-0.1, -0.05) is 6.07 Å². The molecule has 130 valence electrons. The van der Waals surface area contributed by atoms with Gasteiger partial charge in [-0.2, -0.15) is 0 Å². The molecule has 0 radical (unpaired) electrons. The molecule has 1 aromatic heterocycles. The Balaban J connectivity index is 1.75. The van der Waals surface area contributed by atoms with Gasteiger partial charge in [0, 0.05) is 48.8 Å². The van der Waals surface area contributed by atoms with Crippen molar-refractivity contribution >= 4 is 17.5 Å². The van der Waals surface area contributed by atoms with Crippen LogP contribution in [0.15, 0.2) is 48.8 Å². The largest absolute Gasteiger partial charge is 0.333 e. The molecule has 0 saturated carbocycles. The quantitative estimate of drug-likeness (QED) is 0.899. The fraction of sp³-hybridized carbons (Fsp3) is 0.316. The van der Waals surface area contributed by atoms with E-state index in [1.54, 1.807) is 42.6 Å². The third-order valence-corrected chi connectivity index (χ3v) is 4.59. The molecule has 2 atom stereocenters. The van der Waals surface area contributed by atoms with Gasteiger partial charge in [0.25, 0.3) is 11.8 Å². The van der Waals surface area contributed by atoms with Crippen LogP contribution >= 0.6 is 0 Å². The third-order valence-electron chi connectivity index (χ3n) is 4.59. The highest BCUT2D eigenvalue weighted by Gasteiger charge is 2.28. The maximum atomic E-state index is 12.8. The number of pyridine rings is 1. The first-order valence-corrected chi connectivity index (χ1v) is 8.42. The standard InChI is InChI=1S/C19H22N4O2/c1-13-14(2)23(10-9-21-13)19(25)15-5-3-7-17(11-15)22-18(24)16-6-4-8-20-12-16/h3-8,11-14,21H,9-10H2,1-2H3,(H,22,24). The van der Waals surface area contributed by atoms with Gasteiger partial charge in [-0.05, 0) is 44.2 Å². The minimum absolute atomic E-state index is 0.0154. The predicted octanol–water partition coefficient (Wildman–Crippen LogP) is 2.16. The Morgan fingerprint density at radius 3 is 2.76 bits per heavy atom. The van der Waals surface area contributed by atoms with Crippen LogP contribution in [0.2, 0.25) is 0 Å². The smallest absolute Gasteiger partial charge is 0.257 e. The number of carbonyl (C=O) groups is 2. The number of hydrogen-bond acceptors (Lipinski definition) is 4. The zero-order valence-electron chi connectivity index (χ0n) is 14.4. The minimum Gasteiger partial charge on any atom is -0.333 e. The second kappa shape index (κ2) is 7.44. The normalized spacial score (nSPS) is 20.2. The zero-order chi connectivity index (χ0) is 17.8. The molecule has 0 bridgehead atoms. The van der Waals surface area contributed by atoms with E-state index < -0.39 is 0 Å². The highest BCUT2D eigenvalue weighted by molar-refractivity contribution is 6.05. The van der Waals surface area contributed by atoms with Crippen LogP contribution in [0, 0.1) is 0 Å². The summed E-state index contributed by atoms with van der Waals surface area (Å²) in [6, 6.07) is 10.8. The first-order chi connectivity index (χ1) is 12.1. The molecule has 1 aliphatic heterocycles. The summed E-state index contributed by atoms with van der Waals surface area (Å²) in [6.07, 6.45) is 3.12. The van der Waals surface area contributed by atoms with Gasteiger partial charge in [0.05, 0.1) is 5.56 Å². The summed E-state index contributed by atoms with van der Waals surface area (Å²) in [5.74, 6) is -0.264. The van der Waals surface area contributed by atoms with E-state index in [0.717, 1.165) is 6.54 Å². The molecular weight excluding hydrogens is 316 g/mol. The van der Waals surface area contributed by atoms with Gasteiger partial charge < -0.3 is 15.5 Å². The third kappa shape index (κ3) is 3.85. The lowest BCUT2D eigenvalue weighted by Crippen LogP contribution is -2.57. The molecule has 0 aliphatic carbocycles. The molecule has 25 heavy (non-hydrogen) atoms. The number of nitrogens with one attached hydrogen (secondary N) is 2. The van der Waals surface area contributed by atoms with Crippen molar-refractivity contribution in [3.63, 3.8) is 0 Å². The van der Waals surface area contributed by atoms with Crippen LogP contribution in [0.4, 0.5) is 5.69 Å². The summed E-state index contributed by atoms with van der Waals surface area (Å²) in [4.78, 5) is 30.9. The molecule has 1 aliphatic rings. The van der Waals surface area contributed by atoms with Crippen LogP contribution in [0.3, 0.4) is 0 Å². The number of amides is 2. The second-order valence-electron chi connectivity index (χ2n) is 6.26. The Bertz CT molecular complexity index is 763. The topological polar surface area (TPSA) is 74.3 Å². The number of anilines is 1. The average molecular weight is 338 g/mol. The van der Waals surface area contributed by atoms with Gasteiger partial charge in [0.2, 0.25) is 0 Å². The average Bonchev–Trinajstić information content (AvgIpc) is 2.64. The van der Waals surface area contributed by atoms with Gasteiger partial charge in [-0.3, -0.25) is 14.6 Å². The van der Waals surface area contributed by atoms with Crippen molar-refractivity contribution in [1.29, 1.82) is 0 Å². The minimum atomic E-state index is -0.248. The van der Waals surface area contributed by atoms with E-state index in [1.807, 2.05) is 11.8 Å². The van der Waals surface area contributed by atoms with E-state index in [9.17, 15) is 9.59 Å². The molecular formula is C19H22N4O2. The molecule has 2 amide bonds. The lowest BCUT2D eigenvalue weighted by molar-refractivity contribution is 0.0603. The highest BCUT2D eigenvalue weighted by atomic mass is 16.2. The number of carbonyl (C=O) groups excluding carboxylic acids is 2. The summed E-state index contributed by atoms with van der Waals surface area (Å²) in [5, 5.41) is 6.18. The fourth-order valence-electron chi connectivity index (χ4n) is 2.94. The van der Waals surface area contributed by atoms with Crippen molar-refractivity contribution in [1.82, 2.24) is 15.2 Å². The monoisotopic (exact) mass is 338 g/mol. The van der Waals surface area contributed by atoms with Gasteiger partial charge in [-0.25, -0.2) is 0 Å². The number of aromatic nitrogens is 1. The zero-order valence-corrected chi connectivity index (χ0v) is 14.4. The summed E-state index contributed by atoms with van der Waals surface area (Å²) in [7, 11) is 0. The first-order valence-electron chi connectivity index (χ1n) is 8.42. The Hall–Kier alpha value is -2.73. The number of nitrogens with zero attached hydrogens (tertiary/aromatic N) is 2. The van der Waals surface area contributed by atoms with Crippen molar-refractivity contribution in [2.45, 2.75) is 25.9 Å². The van der Waals surface area contributed by atoms with Crippen LogP contribution in [0.1, 0.15) is 34.6 Å². The van der Waals surface area contributed by atoms with Crippen LogP contribution in [0.25, 0.3) is 0 Å². The van der Waals surface area contributed by atoms with Crippen LogP contribution in [-0.2, 0) is 0 Å². The molecule has 1 saturated heterocycles. The van der Waals surface area contributed by atoms with E-state index in [4.69, 9.17) is 0 Å². The molecule has 1 fully saturated rings. The maximum Gasteiger partial charge on any atom is 0.257 e. The van der Waals surface area contributed by atoms with E-state index in [0.29, 0.717) is 23.4 Å². The number of hydrogen-bond donors (Lipinski definition) is 2. The van der Waals surface area contributed by atoms with Crippen molar-refractivity contribution in [2.75, 3.05) is 18.4 Å². The van der Waals surface area contributed by atoms with E-state index in [-0.39, 0.29) is 23.9 Å². The van der Waals surface area contributed by atoms with Crippen molar-refractivity contribution in [3.05, 3.63) is 59.9 Å². The van der Waals surface area contributed by atoms with Gasteiger partial charge >= 0.3 is 0 Å². The number of piperazine rings is 1. The van der Waals surface area contributed by atoms with Gasteiger partial charge in [0.15, 0.2) is 0 Å². The Morgan fingerprint density at radius 2 is 2.00 bits per heavy atom. The van der Waals surface area contributed by atoms with Crippen molar-refractivity contribution in [2.24, 2.45) is 0 Å². The molecule has 2 heterocycles. The van der Waals surface area contributed by atoms with E-state index in [1.165, 1.54) is 6.20 Å². The van der Waals surface area contributed by atoms with Gasteiger partial charge in [-0.15, -0.1) is 0 Å². The molecule has 2 unspecified atom stereocenters. The fourth-order valence-corrected chi connectivity index (χ4v) is 2.94. The SMILES string of the molecule is CC1NCCN(C(=O)c2cccc(NC(=O)c3cccnc3)c2)C1C. The number of benzene rings is 1.